The van der Waals surface area contributed by atoms with Crippen LogP contribution in [-0.2, 0) is 28.8 Å². The first-order valence-corrected chi connectivity index (χ1v) is 9.15. The second-order valence-electron chi connectivity index (χ2n) is 7.06. The molecule has 13 nitrogen and oxygen atoms in total. The summed E-state index contributed by atoms with van der Waals surface area (Å²) in [5.41, 5.74) is 10.7. The average molecular weight is 431 g/mol. The largest absolute Gasteiger partial charge is 0.481 e. The summed E-state index contributed by atoms with van der Waals surface area (Å²) in [6, 6.07) is -5.05. The SMILES string of the molecule is CC(NC(=O)C(CCC(=O)O)NC(=O)C(N)C(C)C)C(=O)NC(CC(N)=O)C(=O)O. The maximum absolute atomic E-state index is 12.5. The molecule has 13 heteroatoms. The third-order valence-electron chi connectivity index (χ3n) is 4.07. The molecule has 0 rings (SSSR count). The fourth-order valence-electron chi connectivity index (χ4n) is 2.18. The molecule has 0 aromatic carbocycles. The molecule has 9 N–H and O–H groups in total. The van der Waals surface area contributed by atoms with Crippen molar-refractivity contribution in [2.24, 2.45) is 17.4 Å². The van der Waals surface area contributed by atoms with E-state index in [0.29, 0.717) is 0 Å². The molecule has 0 aromatic heterocycles. The maximum Gasteiger partial charge on any atom is 0.326 e. The average Bonchev–Trinajstić information content (AvgIpc) is 2.62. The van der Waals surface area contributed by atoms with E-state index in [2.05, 4.69) is 16.0 Å². The van der Waals surface area contributed by atoms with Gasteiger partial charge in [-0.15, -0.1) is 0 Å². The molecule has 30 heavy (non-hydrogen) atoms. The van der Waals surface area contributed by atoms with Crippen LogP contribution in [0.4, 0.5) is 0 Å². The number of carbonyl (C=O) groups is 6. The Balaban J connectivity index is 5.15. The number of hydrogen-bond donors (Lipinski definition) is 7. The van der Waals surface area contributed by atoms with Crippen LogP contribution in [0.5, 0.6) is 0 Å². The first-order chi connectivity index (χ1) is 13.8. The maximum atomic E-state index is 12.5. The van der Waals surface area contributed by atoms with Gasteiger partial charge in [-0.05, 0) is 19.3 Å². The molecule has 4 amide bonds. The fraction of sp³-hybridized carbons (Fsp3) is 0.647. The Morgan fingerprint density at radius 1 is 0.833 bits per heavy atom. The van der Waals surface area contributed by atoms with Crippen molar-refractivity contribution in [3.8, 4) is 0 Å². The van der Waals surface area contributed by atoms with Crippen molar-refractivity contribution in [3.63, 3.8) is 0 Å². The summed E-state index contributed by atoms with van der Waals surface area (Å²) in [7, 11) is 0. The highest BCUT2D eigenvalue weighted by Gasteiger charge is 2.29. The molecule has 0 bridgehead atoms. The lowest BCUT2D eigenvalue weighted by molar-refractivity contribution is -0.143. The summed E-state index contributed by atoms with van der Waals surface area (Å²) in [5, 5.41) is 24.5. The fourth-order valence-corrected chi connectivity index (χ4v) is 2.18. The number of aliphatic carboxylic acids is 2. The van der Waals surface area contributed by atoms with Crippen molar-refractivity contribution in [2.45, 2.75) is 64.2 Å². The molecule has 0 radical (unpaired) electrons. The van der Waals surface area contributed by atoms with Gasteiger partial charge in [0.25, 0.3) is 0 Å². The van der Waals surface area contributed by atoms with Gasteiger partial charge in [-0.1, -0.05) is 13.8 Å². The topological polar surface area (TPSA) is 231 Å². The van der Waals surface area contributed by atoms with E-state index in [1.54, 1.807) is 13.8 Å². The number of amides is 4. The highest BCUT2D eigenvalue weighted by Crippen LogP contribution is 2.04. The van der Waals surface area contributed by atoms with Gasteiger partial charge in [-0.25, -0.2) is 4.79 Å². The molecule has 0 aliphatic heterocycles. The van der Waals surface area contributed by atoms with E-state index in [9.17, 15) is 28.8 Å². The van der Waals surface area contributed by atoms with Crippen LogP contribution >= 0.6 is 0 Å². The van der Waals surface area contributed by atoms with Crippen molar-refractivity contribution >= 4 is 35.6 Å². The number of carboxylic acids is 2. The van der Waals surface area contributed by atoms with Crippen molar-refractivity contribution < 1.29 is 39.0 Å². The van der Waals surface area contributed by atoms with Crippen LogP contribution in [0.25, 0.3) is 0 Å². The van der Waals surface area contributed by atoms with E-state index in [1.807, 2.05) is 0 Å². The Hall–Kier alpha value is -3.22. The Labute approximate surface area is 172 Å². The van der Waals surface area contributed by atoms with Gasteiger partial charge in [0.1, 0.15) is 18.1 Å². The predicted molar refractivity (Wildman–Crippen MR) is 103 cm³/mol. The molecule has 0 aliphatic rings. The normalized spacial score (nSPS) is 14.7. The van der Waals surface area contributed by atoms with Crippen LogP contribution < -0.4 is 27.4 Å². The summed E-state index contributed by atoms with van der Waals surface area (Å²) in [6.07, 6.45) is -1.34. The highest BCUT2D eigenvalue weighted by molar-refractivity contribution is 5.94. The molecule has 0 aliphatic carbocycles. The lowest BCUT2D eigenvalue weighted by Crippen LogP contribution is -2.57. The second-order valence-corrected chi connectivity index (χ2v) is 7.06. The van der Waals surface area contributed by atoms with Crippen LogP contribution in [0.3, 0.4) is 0 Å². The molecule has 0 spiro atoms. The van der Waals surface area contributed by atoms with Crippen molar-refractivity contribution in [1.82, 2.24) is 16.0 Å². The Bertz CT molecular complexity index is 681. The van der Waals surface area contributed by atoms with Gasteiger partial charge in [0, 0.05) is 6.42 Å². The van der Waals surface area contributed by atoms with E-state index < -0.39 is 72.6 Å². The summed E-state index contributed by atoms with van der Waals surface area (Å²) in [6.45, 7) is 4.62. The van der Waals surface area contributed by atoms with Gasteiger partial charge >= 0.3 is 11.9 Å². The smallest absolute Gasteiger partial charge is 0.326 e. The summed E-state index contributed by atoms with van der Waals surface area (Å²) < 4.78 is 0. The van der Waals surface area contributed by atoms with Crippen LogP contribution in [-0.4, -0.2) is 69.9 Å². The first kappa shape index (κ1) is 26.8. The van der Waals surface area contributed by atoms with Gasteiger partial charge in [-0.3, -0.25) is 24.0 Å². The molecular weight excluding hydrogens is 402 g/mol. The number of primary amides is 1. The Morgan fingerprint density at radius 3 is 1.80 bits per heavy atom. The first-order valence-electron chi connectivity index (χ1n) is 9.15. The van der Waals surface area contributed by atoms with E-state index in [4.69, 9.17) is 21.7 Å². The molecule has 0 saturated carbocycles. The van der Waals surface area contributed by atoms with Crippen molar-refractivity contribution in [3.05, 3.63) is 0 Å². The molecule has 0 aromatic rings. The molecule has 0 heterocycles. The van der Waals surface area contributed by atoms with E-state index in [0.717, 1.165) is 0 Å². The zero-order valence-corrected chi connectivity index (χ0v) is 17.0. The minimum Gasteiger partial charge on any atom is -0.481 e. The van der Waals surface area contributed by atoms with Crippen LogP contribution in [0.15, 0.2) is 0 Å². The van der Waals surface area contributed by atoms with Gasteiger partial charge in [0.2, 0.25) is 23.6 Å². The molecule has 0 fully saturated rings. The minimum absolute atomic E-state index is 0.240. The Kier molecular flexibility index (Phi) is 11.0. The third-order valence-corrected chi connectivity index (χ3v) is 4.07. The molecule has 4 atom stereocenters. The van der Waals surface area contributed by atoms with Crippen molar-refractivity contribution in [2.75, 3.05) is 0 Å². The highest BCUT2D eigenvalue weighted by atomic mass is 16.4. The van der Waals surface area contributed by atoms with E-state index in [-0.39, 0.29) is 12.3 Å². The summed E-state index contributed by atoms with van der Waals surface area (Å²) in [5.74, 6) is -6.32. The predicted octanol–water partition coefficient (Wildman–Crippen LogP) is -2.73. The second kappa shape index (κ2) is 12.4. The number of nitrogens with two attached hydrogens (primary N) is 2. The minimum atomic E-state index is -1.58. The van der Waals surface area contributed by atoms with Crippen LogP contribution in [0.1, 0.15) is 40.0 Å². The van der Waals surface area contributed by atoms with E-state index >= 15 is 0 Å². The monoisotopic (exact) mass is 431 g/mol. The molecular formula is C17H29N5O8. The van der Waals surface area contributed by atoms with Crippen LogP contribution in [0.2, 0.25) is 0 Å². The van der Waals surface area contributed by atoms with Gasteiger partial charge in [-0.2, -0.15) is 0 Å². The number of nitrogens with one attached hydrogen (secondary N) is 3. The van der Waals surface area contributed by atoms with Gasteiger partial charge in [0.05, 0.1) is 12.5 Å². The quantitative estimate of drug-likeness (QED) is 0.160. The lowest BCUT2D eigenvalue weighted by Gasteiger charge is -2.24. The lowest BCUT2D eigenvalue weighted by atomic mass is 10.0. The number of rotatable bonds is 13. The Morgan fingerprint density at radius 2 is 1.37 bits per heavy atom. The molecule has 170 valence electrons. The zero-order chi connectivity index (χ0) is 23.6. The van der Waals surface area contributed by atoms with Gasteiger partial charge in [0.15, 0.2) is 0 Å². The van der Waals surface area contributed by atoms with Gasteiger partial charge < -0.3 is 37.6 Å². The number of hydrogen-bond acceptors (Lipinski definition) is 7. The van der Waals surface area contributed by atoms with E-state index in [1.165, 1.54) is 6.92 Å². The molecule has 4 unspecified atom stereocenters. The van der Waals surface area contributed by atoms with Crippen molar-refractivity contribution in [1.29, 1.82) is 0 Å². The van der Waals surface area contributed by atoms with Crippen LogP contribution in [0, 0.1) is 5.92 Å². The molecule has 0 saturated heterocycles. The number of carboxylic acid groups (broad SMARTS) is 2. The summed E-state index contributed by atoms with van der Waals surface area (Å²) >= 11 is 0. The summed E-state index contributed by atoms with van der Waals surface area (Å²) in [4.78, 5) is 69.6. The third kappa shape index (κ3) is 9.82. The number of carbonyl (C=O) groups excluding carboxylic acids is 4. The standard InChI is InChI=1S/C17H29N5O8/c1-7(2)13(19)16(28)21-9(4-5-12(24)25)15(27)20-8(3)14(26)22-10(17(29)30)6-11(18)23/h7-10,13H,4-6,19H2,1-3H3,(H2,18,23)(H,20,27)(H,21,28)(H,22,26)(H,24,25)(H,29,30). The zero-order valence-electron chi connectivity index (χ0n) is 17.0.